The lowest BCUT2D eigenvalue weighted by atomic mass is 9.60. The van der Waals surface area contributed by atoms with Crippen LogP contribution < -0.4 is 36.0 Å². The van der Waals surface area contributed by atoms with Crippen LogP contribution in [-0.2, 0) is 22.0 Å². The summed E-state index contributed by atoms with van der Waals surface area (Å²) in [5, 5.41) is 10.1. The Labute approximate surface area is 243 Å². The predicted molar refractivity (Wildman–Crippen MR) is 168 cm³/mol. The van der Waals surface area contributed by atoms with E-state index >= 15 is 0 Å². The fraction of sp³-hybridized carbons (Fsp3) is 0.292. The zero-order valence-corrected chi connectivity index (χ0v) is 25.4. The van der Waals surface area contributed by atoms with E-state index in [2.05, 4.69) is 50.3 Å². The average molecular weight is 583 g/mol. The highest BCUT2D eigenvalue weighted by Gasteiger charge is 2.31. The van der Waals surface area contributed by atoms with Gasteiger partial charge in [-0.15, -0.1) is 11.6 Å². The summed E-state index contributed by atoms with van der Waals surface area (Å²) in [5.74, 6) is 1.35. The van der Waals surface area contributed by atoms with Crippen molar-refractivity contribution in [1.29, 1.82) is 5.26 Å². The third kappa shape index (κ3) is 6.86. The zero-order chi connectivity index (χ0) is 29.1. The number of halogens is 2. The first-order chi connectivity index (χ1) is 18.2. The number of hydrogen-bond donors (Lipinski definition) is 1. The molecule has 1 aromatic heterocycles. The summed E-state index contributed by atoms with van der Waals surface area (Å²) in [5.41, 5.74) is 6.43. The van der Waals surface area contributed by atoms with Gasteiger partial charge in [0, 0.05) is 11.6 Å². The van der Waals surface area contributed by atoms with Crippen molar-refractivity contribution in [2.45, 2.75) is 25.9 Å². The van der Waals surface area contributed by atoms with Crippen molar-refractivity contribution in [2.24, 2.45) is 0 Å². The number of rotatable bonds is 10. The molecule has 0 aliphatic heterocycles. The van der Waals surface area contributed by atoms with Crippen LogP contribution in [0.5, 0.6) is 11.5 Å². The van der Waals surface area contributed by atoms with Gasteiger partial charge in [0.1, 0.15) is 56.4 Å². The van der Waals surface area contributed by atoms with Gasteiger partial charge < -0.3 is 9.47 Å². The van der Waals surface area contributed by atoms with Gasteiger partial charge in [-0.2, -0.15) is 5.26 Å². The number of nitriles is 1. The van der Waals surface area contributed by atoms with Gasteiger partial charge in [0.25, 0.3) is 0 Å². The van der Waals surface area contributed by atoms with E-state index in [1.54, 1.807) is 6.07 Å². The highest BCUT2D eigenvalue weighted by atomic mass is 35.5. The summed E-state index contributed by atoms with van der Waals surface area (Å²) in [6.07, 6.45) is 2.52. The lowest BCUT2D eigenvalue weighted by Crippen LogP contribution is -2.49. The van der Waals surface area contributed by atoms with Crippen molar-refractivity contribution in [1.82, 2.24) is 9.97 Å². The molecule has 1 N–H and O–H groups in total. The number of nitrogens with one attached hydrogen (secondary N) is 1. The van der Waals surface area contributed by atoms with Crippen LogP contribution in [-0.4, -0.2) is 68.5 Å². The van der Waals surface area contributed by atoms with E-state index in [-0.39, 0.29) is 25.0 Å². The molecule has 0 aliphatic rings. The standard InChI is InChI=1S/C24H28B4Cl2N4O4S/c1-24(2,13-8-12(10-31)21(15(30)9-13)37-7-5-29)16-17(25)19(27)22(20(28)18(16)26)38-11-14-4-6-32-23(33-14)34-39(3,35)36/h4,6,8-9H,5,7,11,25-28H2,1-3H3,(H,32,33,34). The number of nitrogens with zero attached hydrogens (tertiary/aromatic N) is 3. The normalized spacial score (nSPS) is 11.6. The minimum absolute atomic E-state index is 0.00835. The summed E-state index contributed by atoms with van der Waals surface area (Å²) < 4.78 is 37.2. The van der Waals surface area contributed by atoms with Crippen molar-refractivity contribution >= 4 is 92.4 Å². The van der Waals surface area contributed by atoms with Gasteiger partial charge in [0.2, 0.25) is 16.0 Å². The number of anilines is 1. The minimum atomic E-state index is -3.50. The topological polar surface area (TPSA) is 114 Å². The minimum Gasteiger partial charge on any atom is -0.489 e. The molecule has 0 saturated carbocycles. The van der Waals surface area contributed by atoms with Crippen molar-refractivity contribution in [2.75, 3.05) is 23.5 Å². The number of ether oxygens (including phenoxy) is 2. The van der Waals surface area contributed by atoms with E-state index in [0.29, 0.717) is 22.0 Å². The third-order valence-electron chi connectivity index (χ3n) is 6.74. The highest BCUT2D eigenvalue weighted by molar-refractivity contribution is 7.91. The first-order valence-corrected chi connectivity index (χ1v) is 15.0. The third-order valence-corrected chi connectivity index (χ3v) is 7.73. The molecule has 1 heterocycles. The number of hydrogen-bond acceptors (Lipinski definition) is 7. The molecule has 0 bridgehead atoms. The zero-order valence-electron chi connectivity index (χ0n) is 23.1. The van der Waals surface area contributed by atoms with Crippen LogP contribution in [0.15, 0.2) is 24.4 Å². The van der Waals surface area contributed by atoms with Crippen LogP contribution in [0, 0.1) is 11.3 Å². The Balaban J connectivity index is 2.00. The average Bonchev–Trinajstić information content (AvgIpc) is 2.85. The van der Waals surface area contributed by atoms with Crippen LogP contribution in [0.2, 0.25) is 5.02 Å². The Bertz CT molecular complexity index is 1540. The molecule has 3 rings (SSSR count). The molecule has 2 aromatic carbocycles. The van der Waals surface area contributed by atoms with Crippen molar-refractivity contribution in [3.8, 4) is 17.6 Å². The molecule has 0 radical (unpaired) electrons. The second-order valence-corrected chi connectivity index (χ2v) is 12.4. The molecule has 0 aliphatic carbocycles. The van der Waals surface area contributed by atoms with Gasteiger partial charge in [0.05, 0.1) is 28.4 Å². The Hall–Kier alpha value is -2.80. The van der Waals surface area contributed by atoms with Crippen LogP contribution in [0.25, 0.3) is 0 Å². The van der Waals surface area contributed by atoms with Crippen molar-refractivity contribution in [3.63, 3.8) is 0 Å². The number of alkyl halides is 1. The molecule has 3 aromatic rings. The van der Waals surface area contributed by atoms with Gasteiger partial charge in [-0.05, 0) is 23.8 Å². The first kappa shape index (κ1) is 30.7. The predicted octanol–water partition coefficient (Wildman–Crippen LogP) is -2.07. The Kier molecular flexibility index (Phi) is 9.58. The van der Waals surface area contributed by atoms with Crippen LogP contribution >= 0.6 is 23.2 Å². The largest absolute Gasteiger partial charge is 0.489 e. The number of sulfonamides is 1. The lowest BCUT2D eigenvalue weighted by Gasteiger charge is -2.34. The summed E-state index contributed by atoms with van der Waals surface area (Å²) in [6.45, 7) is 4.59. The molecule has 0 fully saturated rings. The lowest BCUT2D eigenvalue weighted by molar-refractivity contribution is 0.306. The van der Waals surface area contributed by atoms with Crippen LogP contribution in [0.4, 0.5) is 5.95 Å². The maximum Gasteiger partial charge on any atom is 0.236 e. The molecule has 15 heteroatoms. The second-order valence-electron chi connectivity index (χ2n) is 9.85. The van der Waals surface area contributed by atoms with Gasteiger partial charge in [-0.1, -0.05) is 52.9 Å². The van der Waals surface area contributed by atoms with E-state index in [1.807, 2.05) is 27.8 Å². The molecule has 0 saturated heterocycles. The van der Waals surface area contributed by atoms with Gasteiger partial charge in [-0.3, -0.25) is 4.72 Å². The first-order valence-electron chi connectivity index (χ1n) is 12.2. The maximum atomic E-state index is 11.5. The maximum absolute atomic E-state index is 11.5. The van der Waals surface area contributed by atoms with Crippen LogP contribution in [0.1, 0.15) is 36.2 Å². The Morgan fingerprint density at radius 1 is 1.08 bits per heavy atom. The van der Waals surface area contributed by atoms with Crippen LogP contribution in [0.3, 0.4) is 0 Å². The quantitative estimate of drug-likeness (QED) is 0.216. The number of aromatic nitrogens is 2. The van der Waals surface area contributed by atoms with E-state index in [9.17, 15) is 13.7 Å². The molecule has 200 valence electrons. The summed E-state index contributed by atoms with van der Waals surface area (Å²) >= 11 is 12.3. The number of benzene rings is 2. The molecule has 0 atom stereocenters. The van der Waals surface area contributed by atoms with Crippen molar-refractivity contribution < 1.29 is 17.9 Å². The molecule has 0 unspecified atom stereocenters. The Morgan fingerprint density at radius 3 is 2.28 bits per heavy atom. The molecule has 0 spiro atoms. The fourth-order valence-corrected chi connectivity index (χ4v) is 5.52. The van der Waals surface area contributed by atoms with E-state index in [0.717, 1.165) is 45.0 Å². The summed E-state index contributed by atoms with van der Waals surface area (Å²) in [4.78, 5) is 8.19. The van der Waals surface area contributed by atoms with E-state index < -0.39 is 15.4 Å². The SMILES string of the molecule is Bc1c(B)c(C(C)(C)c2cc(Cl)c(OCCCl)c(C#N)c2)c(B)c(B)c1OCc1ccnc(NS(C)(=O)=O)n1. The van der Waals surface area contributed by atoms with Gasteiger partial charge in [0.15, 0.2) is 5.75 Å². The van der Waals surface area contributed by atoms with E-state index in [4.69, 9.17) is 32.7 Å². The second kappa shape index (κ2) is 12.2. The highest BCUT2D eigenvalue weighted by Crippen LogP contribution is 2.37. The van der Waals surface area contributed by atoms with Gasteiger partial charge in [-0.25, -0.2) is 18.4 Å². The summed E-state index contributed by atoms with van der Waals surface area (Å²) in [6, 6.07) is 7.54. The van der Waals surface area contributed by atoms with E-state index in [1.165, 1.54) is 6.20 Å². The summed E-state index contributed by atoms with van der Waals surface area (Å²) in [7, 11) is 4.61. The molecular weight excluding hydrogens is 555 g/mol. The molecule has 39 heavy (non-hydrogen) atoms. The molecule has 0 amide bonds. The van der Waals surface area contributed by atoms with Crippen molar-refractivity contribution in [3.05, 3.63) is 51.8 Å². The molecule has 8 nitrogen and oxygen atoms in total. The van der Waals surface area contributed by atoms with Gasteiger partial charge >= 0.3 is 0 Å². The molecular formula is C24H28B4Cl2N4O4S. The fourth-order valence-electron chi connectivity index (χ4n) is 4.74. The smallest absolute Gasteiger partial charge is 0.236 e. The Morgan fingerprint density at radius 2 is 1.72 bits per heavy atom. The monoisotopic (exact) mass is 582 g/mol.